The number of amides is 1. The van der Waals surface area contributed by atoms with E-state index in [9.17, 15) is 14.0 Å². The zero-order valence-corrected chi connectivity index (χ0v) is 14.1. The van der Waals surface area contributed by atoms with E-state index in [2.05, 4.69) is 5.32 Å². The third kappa shape index (κ3) is 3.47. The molecule has 2 aromatic carbocycles. The van der Waals surface area contributed by atoms with E-state index in [1.54, 1.807) is 4.90 Å². The molecule has 0 aromatic heterocycles. The topological polar surface area (TPSA) is 58.6 Å². The maximum Gasteiger partial charge on any atom is 0.338 e. The number of para-hydroxylation sites is 2. The minimum atomic E-state index is -0.741. The van der Waals surface area contributed by atoms with Crippen LogP contribution in [0, 0.1) is 5.82 Å². The number of hydrogen-bond donors (Lipinski definition) is 1. The third-order valence-electron chi connectivity index (χ3n) is 4.05. The van der Waals surface area contributed by atoms with Gasteiger partial charge in [0.2, 0.25) is 0 Å². The molecule has 0 saturated carbocycles. The lowest BCUT2D eigenvalue weighted by atomic mass is 9.98. The summed E-state index contributed by atoms with van der Waals surface area (Å²) in [6.45, 7) is 3.91. The highest BCUT2D eigenvalue weighted by molar-refractivity contribution is 6.07. The first-order valence-corrected chi connectivity index (χ1v) is 8.00. The first-order valence-electron chi connectivity index (χ1n) is 8.00. The maximum absolute atomic E-state index is 12.9. The Morgan fingerprint density at radius 2 is 1.84 bits per heavy atom. The van der Waals surface area contributed by atoms with Gasteiger partial charge in [0, 0.05) is 0 Å². The van der Waals surface area contributed by atoms with Gasteiger partial charge in [0.1, 0.15) is 18.0 Å². The van der Waals surface area contributed by atoms with Crippen molar-refractivity contribution in [2.75, 3.05) is 23.4 Å². The van der Waals surface area contributed by atoms with Gasteiger partial charge in [-0.1, -0.05) is 12.1 Å². The van der Waals surface area contributed by atoms with Crippen LogP contribution in [0.1, 0.15) is 24.2 Å². The van der Waals surface area contributed by atoms with Crippen LogP contribution >= 0.6 is 0 Å². The monoisotopic (exact) mass is 342 g/mol. The Morgan fingerprint density at radius 1 is 1.16 bits per heavy atom. The van der Waals surface area contributed by atoms with E-state index in [1.165, 1.54) is 24.3 Å². The van der Waals surface area contributed by atoms with Crippen molar-refractivity contribution in [1.29, 1.82) is 0 Å². The molecule has 1 amide bonds. The highest BCUT2D eigenvalue weighted by Crippen LogP contribution is 2.34. The molecule has 1 heterocycles. The van der Waals surface area contributed by atoms with Gasteiger partial charge in [-0.3, -0.25) is 4.79 Å². The molecule has 1 N–H and O–H groups in total. The van der Waals surface area contributed by atoms with Gasteiger partial charge in [0.05, 0.1) is 23.5 Å². The molecule has 25 heavy (non-hydrogen) atoms. The molecule has 0 bridgehead atoms. The molecule has 0 aliphatic carbocycles. The van der Waals surface area contributed by atoms with Crippen molar-refractivity contribution < 1.29 is 18.7 Å². The van der Waals surface area contributed by atoms with Gasteiger partial charge in [-0.25, -0.2) is 9.18 Å². The Kier molecular flexibility index (Phi) is 4.44. The van der Waals surface area contributed by atoms with E-state index < -0.39 is 17.3 Å². The van der Waals surface area contributed by atoms with Gasteiger partial charge in [0.15, 0.2) is 0 Å². The first-order chi connectivity index (χ1) is 11.9. The van der Waals surface area contributed by atoms with Gasteiger partial charge in [-0.05, 0) is 50.2 Å². The number of nitrogens with one attached hydrogen (secondary N) is 1. The number of carbonyl (C=O) groups is 2. The molecule has 0 unspecified atom stereocenters. The van der Waals surface area contributed by atoms with Gasteiger partial charge >= 0.3 is 5.97 Å². The van der Waals surface area contributed by atoms with Crippen LogP contribution in [0.2, 0.25) is 0 Å². The Bertz CT molecular complexity index is 803. The molecule has 0 atom stereocenters. The molecular weight excluding hydrogens is 323 g/mol. The number of hydrogen-bond acceptors (Lipinski definition) is 4. The lowest BCUT2D eigenvalue weighted by molar-refractivity contribution is -0.122. The molecular formula is C19H19FN2O3. The molecule has 2 aromatic rings. The highest BCUT2D eigenvalue weighted by Gasteiger charge is 2.38. The van der Waals surface area contributed by atoms with Crippen LogP contribution in [0.3, 0.4) is 0 Å². The number of fused-ring (bicyclic) bond motifs is 1. The first kappa shape index (κ1) is 17.0. The smallest absolute Gasteiger partial charge is 0.338 e. The van der Waals surface area contributed by atoms with Crippen LogP contribution in [0.4, 0.5) is 15.8 Å². The number of rotatable bonds is 4. The second-order valence-corrected chi connectivity index (χ2v) is 6.37. The fourth-order valence-corrected chi connectivity index (χ4v) is 2.77. The summed E-state index contributed by atoms with van der Waals surface area (Å²) < 4.78 is 18.1. The highest BCUT2D eigenvalue weighted by atomic mass is 19.1. The number of benzene rings is 2. The average molecular weight is 342 g/mol. The van der Waals surface area contributed by atoms with Crippen molar-refractivity contribution in [3.8, 4) is 0 Å². The van der Waals surface area contributed by atoms with Crippen molar-refractivity contribution in [2.24, 2.45) is 0 Å². The zero-order valence-electron chi connectivity index (χ0n) is 14.1. The Hall–Kier alpha value is -2.89. The van der Waals surface area contributed by atoms with Crippen LogP contribution in [0.15, 0.2) is 48.5 Å². The van der Waals surface area contributed by atoms with Crippen LogP contribution in [0.25, 0.3) is 0 Å². The van der Waals surface area contributed by atoms with Crippen molar-refractivity contribution >= 4 is 23.3 Å². The Labute approximate surface area is 145 Å². The van der Waals surface area contributed by atoms with Crippen molar-refractivity contribution in [3.05, 3.63) is 59.9 Å². The number of anilines is 2. The predicted octanol–water partition coefficient (Wildman–Crippen LogP) is 3.22. The minimum Gasteiger partial charge on any atom is -0.460 e. The molecule has 0 saturated heterocycles. The van der Waals surface area contributed by atoms with Gasteiger partial charge in [-0.15, -0.1) is 0 Å². The zero-order chi connectivity index (χ0) is 18.0. The molecule has 130 valence electrons. The van der Waals surface area contributed by atoms with E-state index in [-0.39, 0.29) is 24.6 Å². The fourth-order valence-electron chi connectivity index (χ4n) is 2.77. The summed E-state index contributed by atoms with van der Waals surface area (Å²) >= 11 is 0. The molecule has 1 aliphatic rings. The lowest BCUT2D eigenvalue weighted by Gasteiger charge is -2.39. The SMILES string of the molecule is CC1(C)Nc2ccccc2N(CCOC(=O)c2ccc(F)cc2)C1=O. The van der Waals surface area contributed by atoms with Crippen molar-refractivity contribution in [2.45, 2.75) is 19.4 Å². The van der Waals surface area contributed by atoms with Crippen LogP contribution in [0.5, 0.6) is 0 Å². The Morgan fingerprint density at radius 3 is 2.56 bits per heavy atom. The fraction of sp³-hybridized carbons (Fsp3) is 0.263. The van der Waals surface area contributed by atoms with E-state index >= 15 is 0 Å². The standard InChI is InChI=1S/C19H19FN2O3/c1-19(2)18(24)22(16-6-4-3-5-15(16)21-19)11-12-25-17(23)13-7-9-14(20)10-8-13/h3-10,21H,11-12H2,1-2H3. The summed E-state index contributed by atoms with van der Waals surface area (Å²) in [6.07, 6.45) is 0. The van der Waals surface area contributed by atoms with E-state index in [0.29, 0.717) is 0 Å². The van der Waals surface area contributed by atoms with Crippen molar-refractivity contribution in [1.82, 2.24) is 0 Å². The third-order valence-corrected chi connectivity index (χ3v) is 4.05. The molecule has 1 aliphatic heterocycles. The largest absolute Gasteiger partial charge is 0.460 e. The lowest BCUT2D eigenvalue weighted by Crippen LogP contribution is -2.54. The molecule has 0 spiro atoms. The molecule has 0 fully saturated rings. The van der Waals surface area contributed by atoms with Crippen molar-refractivity contribution in [3.63, 3.8) is 0 Å². The van der Waals surface area contributed by atoms with Crippen LogP contribution < -0.4 is 10.2 Å². The summed E-state index contributed by atoms with van der Waals surface area (Å²) in [5.41, 5.74) is 1.14. The normalized spacial score (nSPS) is 15.3. The van der Waals surface area contributed by atoms with E-state index in [1.807, 2.05) is 38.1 Å². The summed E-state index contributed by atoms with van der Waals surface area (Å²) in [6, 6.07) is 12.6. The molecule has 6 heteroatoms. The average Bonchev–Trinajstić information content (AvgIpc) is 2.58. The summed E-state index contributed by atoms with van der Waals surface area (Å²) in [7, 11) is 0. The number of ether oxygens (including phenoxy) is 1. The Balaban J connectivity index is 1.69. The number of nitrogens with zero attached hydrogens (tertiary/aromatic N) is 1. The van der Waals surface area contributed by atoms with E-state index in [0.717, 1.165) is 11.4 Å². The maximum atomic E-state index is 12.9. The summed E-state index contributed by atoms with van der Waals surface area (Å²) in [4.78, 5) is 26.3. The summed E-state index contributed by atoms with van der Waals surface area (Å²) in [5.74, 6) is -1.05. The summed E-state index contributed by atoms with van der Waals surface area (Å²) in [5, 5.41) is 3.21. The number of halogens is 1. The van der Waals surface area contributed by atoms with Gasteiger partial charge in [0.25, 0.3) is 5.91 Å². The van der Waals surface area contributed by atoms with Gasteiger partial charge in [-0.2, -0.15) is 0 Å². The second kappa shape index (κ2) is 6.55. The minimum absolute atomic E-state index is 0.0480. The van der Waals surface area contributed by atoms with E-state index in [4.69, 9.17) is 4.74 Å². The van der Waals surface area contributed by atoms with Crippen LogP contribution in [-0.4, -0.2) is 30.6 Å². The molecule has 3 rings (SSSR count). The second-order valence-electron chi connectivity index (χ2n) is 6.37. The predicted molar refractivity (Wildman–Crippen MR) is 93.2 cm³/mol. The van der Waals surface area contributed by atoms with Crippen LogP contribution in [-0.2, 0) is 9.53 Å². The number of esters is 1. The molecule has 5 nitrogen and oxygen atoms in total. The van der Waals surface area contributed by atoms with Gasteiger partial charge < -0.3 is 15.0 Å². The number of carbonyl (C=O) groups excluding carboxylic acids is 2. The quantitative estimate of drug-likeness (QED) is 0.867. The molecule has 0 radical (unpaired) electrons.